The second-order valence-corrected chi connectivity index (χ2v) is 8.06. The van der Waals surface area contributed by atoms with Gasteiger partial charge in [-0.05, 0) is 18.2 Å². The van der Waals surface area contributed by atoms with Crippen LogP contribution in [0, 0.1) is 5.92 Å². The first-order valence-electron chi connectivity index (χ1n) is 8.73. The van der Waals surface area contributed by atoms with Crippen molar-refractivity contribution in [2.24, 2.45) is 5.92 Å². The number of nitrogens with zero attached hydrogens (tertiary/aromatic N) is 2. The number of halogens is 1. The molecule has 3 aromatic rings. The molecule has 0 bridgehead atoms. The van der Waals surface area contributed by atoms with Crippen molar-refractivity contribution in [1.82, 2.24) is 15.2 Å². The van der Waals surface area contributed by atoms with E-state index in [1.807, 2.05) is 42.5 Å². The van der Waals surface area contributed by atoms with E-state index in [1.54, 1.807) is 22.4 Å². The molecule has 3 heterocycles. The normalized spacial score (nSPS) is 16.9. The molecule has 0 spiro atoms. The molecule has 1 unspecified atom stereocenters. The molecule has 0 saturated carbocycles. The van der Waals surface area contributed by atoms with E-state index in [0.717, 1.165) is 20.7 Å². The molecule has 4 rings (SSSR count). The Labute approximate surface area is 166 Å². The molecular weight excluding hydrogens is 382 g/mol. The van der Waals surface area contributed by atoms with E-state index < -0.39 is 0 Å². The van der Waals surface area contributed by atoms with Crippen molar-refractivity contribution >= 4 is 44.8 Å². The third-order valence-electron chi connectivity index (χ3n) is 4.69. The fourth-order valence-corrected chi connectivity index (χ4v) is 4.72. The number of carbonyl (C=O) groups excluding carboxylic acids is 2. The Balaban J connectivity index is 1.37. The van der Waals surface area contributed by atoms with Crippen LogP contribution in [0.4, 0.5) is 0 Å². The second kappa shape index (κ2) is 7.66. The number of carbonyl (C=O) groups is 2. The highest BCUT2D eigenvalue weighted by molar-refractivity contribution is 7.19. The van der Waals surface area contributed by atoms with Crippen molar-refractivity contribution in [3.8, 4) is 0 Å². The minimum Gasteiger partial charge on any atom is -0.351 e. The fraction of sp³-hybridized carbons (Fsp3) is 0.250. The molecule has 0 radical (unpaired) electrons. The molecular formula is C20H18ClN3O2S. The topological polar surface area (TPSA) is 62.3 Å². The smallest absolute Gasteiger partial charge is 0.225 e. The summed E-state index contributed by atoms with van der Waals surface area (Å²) >= 11 is 8.01. The summed E-state index contributed by atoms with van der Waals surface area (Å²) in [6.45, 7) is 1.23. The van der Waals surface area contributed by atoms with Crippen LogP contribution in [0.15, 0.2) is 48.7 Å². The van der Waals surface area contributed by atoms with Gasteiger partial charge >= 0.3 is 0 Å². The minimum atomic E-state index is -0.339. The number of amides is 2. The number of aromatic nitrogens is 1. The van der Waals surface area contributed by atoms with Crippen LogP contribution >= 0.6 is 22.9 Å². The van der Waals surface area contributed by atoms with Crippen LogP contribution in [0.5, 0.6) is 0 Å². The van der Waals surface area contributed by atoms with Crippen molar-refractivity contribution < 1.29 is 9.59 Å². The van der Waals surface area contributed by atoms with Crippen molar-refractivity contribution in [2.75, 3.05) is 6.54 Å². The number of likely N-dealkylation sites (tertiary alicyclic amines) is 1. The van der Waals surface area contributed by atoms with Crippen LogP contribution < -0.4 is 5.32 Å². The van der Waals surface area contributed by atoms with E-state index >= 15 is 0 Å². The van der Waals surface area contributed by atoms with Crippen LogP contribution in [0.25, 0.3) is 10.1 Å². The molecule has 27 heavy (non-hydrogen) atoms. The SMILES string of the molecule is O=C(NCc1sc2ccccc2c1Cl)C1CC(=O)N(Cc2ccccn2)C1. The van der Waals surface area contributed by atoms with E-state index in [1.165, 1.54) is 0 Å². The first kappa shape index (κ1) is 17.9. The average molecular weight is 400 g/mol. The maximum Gasteiger partial charge on any atom is 0.225 e. The summed E-state index contributed by atoms with van der Waals surface area (Å²) in [6.07, 6.45) is 1.94. The maximum atomic E-state index is 12.5. The zero-order valence-electron chi connectivity index (χ0n) is 14.5. The predicted octanol–water partition coefficient (Wildman–Crippen LogP) is 3.61. The van der Waals surface area contributed by atoms with Crippen LogP contribution in [0.2, 0.25) is 5.02 Å². The molecule has 5 nitrogen and oxygen atoms in total. The van der Waals surface area contributed by atoms with Crippen molar-refractivity contribution in [2.45, 2.75) is 19.5 Å². The van der Waals surface area contributed by atoms with Gasteiger partial charge in [-0.3, -0.25) is 14.6 Å². The van der Waals surface area contributed by atoms with Crippen molar-refractivity contribution in [1.29, 1.82) is 0 Å². The Morgan fingerprint density at radius 3 is 2.85 bits per heavy atom. The number of pyridine rings is 1. The summed E-state index contributed by atoms with van der Waals surface area (Å²) in [4.78, 5) is 31.7. The monoisotopic (exact) mass is 399 g/mol. The molecule has 2 aromatic heterocycles. The summed E-state index contributed by atoms with van der Waals surface area (Å²) < 4.78 is 1.10. The highest BCUT2D eigenvalue weighted by Gasteiger charge is 2.34. The Bertz CT molecular complexity index is 989. The average Bonchev–Trinajstić information content (AvgIpc) is 3.21. The summed E-state index contributed by atoms with van der Waals surface area (Å²) in [5, 5.41) is 4.64. The lowest BCUT2D eigenvalue weighted by atomic mass is 10.1. The van der Waals surface area contributed by atoms with Crippen LogP contribution in [0.1, 0.15) is 17.0 Å². The van der Waals surface area contributed by atoms with Crippen LogP contribution in [-0.4, -0.2) is 28.2 Å². The molecule has 1 fully saturated rings. The maximum absolute atomic E-state index is 12.5. The summed E-state index contributed by atoms with van der Waals surface area (Å²) in [5.74, 6) is -0.463. The number of fused-ring (bicyclic) bond motifs is 1. The van der Waals surface area contributed by atoms with Gasteiger partial charge in [-0.25, -0.2) is 0 Å². The number of rotatable bonds is 5. The van der Waals surface area contributed by atoms with Gasteiger partial charge in [0, 0.05) is 34.1 Å². The van der Waals surface area contributed by atoms with Crippen molar-refractivity contribution in [3.63, 3.8) is 0 Å². The lowest BCUT2D eigenvalue weighted by Gasteiger charge is -2.16. The molecule has 2 amide bonds. The van der Waals surface area contributed by atoms with E-state index in [-0.39, 0.29) is 24.2 Å². The molecule has 1 aliphatic heterocycles. The van der Waals surface area contributed by atoms with Gasteiger partial charge in [0.25, 0.3) is 0 Å². The number of hydrogen-bond acceptors (Lipinski definition) is 4. The molecule has 0 aliphatic carbocycles. The zero-order valence-corrected chi connectivity index (χ0v) is 16.1. The molecule has 1 saturated heterocycles. The second-order valence-electron chi connectivity index (χ2n) is 6.55. The van der Waals surface area contributed by atoms with Gasteiger partial charge in [-0.2, -0.15) is 0 Å². The summed E-state index contributed by atoms with van der Waals surface area (Å²) in [5.41, 5.74) is 0.823. The Kier molecular flexibility index (Phi) is 5.09. The van der Waals surface area contributed by atoms with E-state index in [4.69, 9.17) is 11.6 Å². The number of thiophene rings is 1. The number of nitrogens with one attached hydrogen (secondary N) is 1. The van der Waals surface area contributed by atoms with Gasteiger partial charge in [-0.15, -0.1) is 11.3 Å². The standard InChI is InChI=1S/C20H18ClN3O2S/c21-19-15-6-1-2-7-16(15)27-17(19)10-23-20(26)13-9-18(25)24(11-13)12-14-5-3-4-8-22-14/h1-8,13H,9-12H2,(H,23,26). The first-order chi connectivity index (χ1) is 13.1. The highest BCUT2D eigenvalue weighted by atomic mass is 35.5. The minimum absolute atomic E-state index is 0.0132. The van der Waals surface area contributed by atoms with Gasteiger partial charge in [0.1, 0.15) is 0 Å². The molecule has 1 N–H and O–H groups in total. The molecule has 138 valence electrons. The van der Waals surface area contributed by atoms with Gasteiger partial charge in [0.05, 0.1) is 29.7 Å². The molecule has 1 aliphatic rings. The lowest BCUT2D eigenvalue weighted by molar-refractivity contribution is -0.129. The zero-order chi connectivity index (χ0) is 18.8. The van der Waals surface area contributed by atoms with Gasteiger partial charge in [-0.1, -0.05) is 35.9 Å². The van der Waals surface area contributed by atoms with E-state index in [2.05, 4.69) is 10.3 Å². The fourth-order valence-electron chi connectivity index (χ4n) is 3.28. The predicted molar refractivity (Wildman–Crippen MR) is 106 cm³/mol. The molecule has 7 heteroatoms. The number of hydrogen-bond donors (Lipinski definition) is 1. The van der Waals surface area contributed by atoms with Crippen LogP contribution in [0.3, 0.4) is 0 Å². The quantitative estimate of drug-likeness (QED) is 0.712. The van der Waals surface area contributed by atoms with Gasteiger partial charge < -0.3 is 10.2 Å². The third kappa shape index (κ3) is 3.82. The van der Waals surface area contributed by atoms with Crippen molar-refractivity contribution in [3.05, 3.63) is 64.3 Å². The Morgan fingerprint density at radius 1 is 1.26 bits per heavy atom. The first-order valence-corrected chi connectivity index (χ1v) is 9.92. The lowest BCUT2D eigenvalue weighted by Crippen LogP contribution is -2.32. The molecule has 1 atom stereocenters. The third-order valence-corrected chi connectivity index (χ3v) is 6.40. The van der Waals surface area contributed by atoms with Gasteiger partial charge in [0.15, 0.2) is 0 Å². The Hall–Kier alpha value is -2.44. The number of benzene rings is 1. The summed E-state index contributed by atoms with van der Waals surface area (Å²) in [6, 6.07) is 13.5. The Morgan fingerprint density at radius 2 is 2.07 bits per heavy atom. The van der Waals surface area contributed by atoms with E-state index in [9.17, 15) is 9.59 Å². The highest BCUT2D eigenvalue weighted by Crippen LogP contribution is 2.35. The van der Waals surface area contributed by atoms with E-state index in [0.29, 0.717) is 24.7 Å². The van der Waals surface area contributed by atoms with Crippen LogP contribution in [-0.2, 0) is 22.7 Å². The largest absolute Gasteiger partial charge is 0.351 e. The van der Waals surface area contributed by atoms with Gasteiger partial charge in [0.2, 0.25) is 11.8 Å². The molecule has 1 aromatic carbocycles. The summed E-state index contributed by atoms with van der Waals surface area (Å²) in [7, 11) is 0.